The van der Waals surface area contributed by atoms with Crippen molar-refractivity contribution in [1.29, 1.82) is 0 Å². The zero-order chi connectivity index (χ0) is 15.9. The Morgan fingerprint density at radius 2 is 1.81 bits per heavy atom. The Morgan fingerprint density at radius 1 is 1.14 bits per heavy atom. The monoisotopic (exact) mass is 292 g/mol. The highest BCUT2D eigenvalue weighted by molar-refractivity contribution is 6.39. The molecule has 1 aromatic carbocycles. The third-order valence-electron chi connectivity index (χ3n) is 3.69. The summed E-state index contributed by atoms with van der Waals surface area (Å²) < 4.78 is 0. The summed E-state index contributed by atoms with van der Waals surface area (Å²) in [7, 11) is 0. The van der Waals surface area contributed by atoms with Gasteiger partial charge in [-0.1, -0.05) is 32.9 Å². The second-order valence-corrected chi connectivity index (χ2v) is 5.12. The van der Waals surface area contributed by atoms with E-state index in [0.717, 1.165) is 12.0 Å². The number of rotatable bonds is 6. The predicted octanol–water partition coefficient (Wildman–Crippen LogP) is 1.85. The largest absolute Gasteiger partial charge is 0.388 e. The molecule has 1 aromatic rings. The van der Waals surface area contributed by atoms with Gasteiger partial charge in [0.2, 0.25) is 0 Å². The zero-order valence-electron chi connectivity index (χ0n) is 12.9. The lowest BCUT2D eigenvalue weighted by atomic mass is 9.98. The molecule has 0 aromatic heterocycles. The minimum Gasteiger partial charge on any atom is -0.388 e. The Morgan fingerprint density at radius 3 is 2.38 bits per heavy atom. The van der Waals surface area contributed by atoms with Crippen LogP contribution in [0.3, 0.4) is 0 Å². The zero-order valence-corrected chi connectivity index (χ0v) is 12.9. The normalized spacial score (nSPS) is 11.0. The highest BCUT2D eigenvalue weighted by Gasteiger charge is 2.24. The number of carbonyl (C=O) groups is 2. The van der Waals surface area contributed by atoms with Gasteiger partial charge < -0.3 is 15.7 Å². The number of benzene rings is 1. The maximum atomic E-state index is 11.8. The van der Waals surface area contributed by atoms with Crippen molar-refractivity contribution in [2.24, 2.45) is 0 Å². The first kappa shape index (κ1) is 17.2. The second kappa shape index (κ2) is 7.78. The standard InChI is InChI=1S/C16H24N2O3/c1-4-12-8-7-9-13(10-12)18-15(20)14(19)17-11-16(21,5-2)6-3/h7-10,21H,4-6,11H2,1-3H3,(H,17,19)(H,18,20). The van der Waals surface area contributed by atoms with E-state index < -0.39 is 17.4 Å². The average molecular weight is 292 g/mol. The van der Waals surface area contributed by atoms with E-state index in [1.165, 1.54) is 0 Å². The topological polar surface area (TPSA) is 78.4 Å². The summed E-state index contributed by atoms with van der Waals surface area (Å²) in [5, 5.41) is 15.1. The summed E-state index contributed by atoms with van der Waals surface area (Å²) >= 11 is 0. The minimum absolute atomic E-state index is 0.0707. The first-order valence-electron chi connectivity index (χ1n) is 7.34. The molecule has 3 N–H and O–H groups in total. The molecule has 0 atom stereocenters. The van der Waals surface area contributed by atoms with Crippen LogP contribution in [0.5, 0.6) is 0 Å². The molecule has 0 fully saturated rings. The molecule has 116 valence electrons. The lowest BCUT2D eigenvalue weighted by Gasteiger charge is -2.25. The number of amides is 2. The number of hydrogen-bond donors (Lipinski definition) is 3. The van der Waals surface area contributed by atoms with Gasteiger partial charge >= 0.3 is 11.8 Å². The van der Waals surface area contributed by atoms with Crippen molar-refractivity contribution in [1.82, 2.24) is 5.32 Å². The lowest BCUT2D eigenvalue weighted by molar-refractivity contribution is -0.136. The molecule has 0 aliphatic rings. The first-order valence-corrected chi connectivity index (χ1v) is 7.34. The fourth-order valence-corrected chi connectivity index (χ4v) is 1.88. The highest BCUT2D eigenvalue weighted by Crippen LogP contribution is 2.13. The number of aryl methyl sites for hydroxylation is 1. The summed E-state index contributed by atoms with van der Waals surface area (Å²) in [6.07, 6.45) is 1.89. The number of anilines is 1. The third kappa shape index (κ3) is 5.19. The maximum Gasteiger partial charge on any atom is 0.313 e. The van der Waals surface area contributed by atoms with Crippen LogP contribution >= 0.6 is 0 Å². The molecule has 0 aliphatic carbocycles. The van der Waals surface area contributed by atoms with Crippen molar-refractivity contribution in [3.05, 3.63) is 29.8 Å². The van der Waals surface area contributed by atoms with Crippen LogP contribution in [0.15, 0.2) is 24.3 Å². The smallest absolute Gasteiger partial charge is 0.313 e. The van der Waals surface area contributed by atoms with E-state index >= 15 is 0 Å². The SMILES string of the molecule is CCc1cccc(NC(=O)C(=O)NCC(O)(CC)CC)c1. The van der Waals surface area contributed by atoms with Gasteiger partial charge in [0.05, 0.1) is 5.60 Å². The molecule has 1 rings (SSSR count). The van der Waals surface area contributed by atoms with E-state index in [-0.39, 0.29) is 6.54 Å². The van der Waals surface area contributed by atoms with Crippen LogP contribution in [0.4, 0.5) is 5.69 Å². The van der Waals surface area contributed by atoms with Crippen LogP contribution in [0.1, 0.15) is 39.2 Å². The van der Waals surface area contributed by atoms with Crippen molar-refractivity contribution in [3.8, 4) is 0 Å². The van der Waals surface area contributed by atoms with Crippen molar-refractivity contribution >= 4 is 17.5 Å². The molecule has 0 aliphatic heterocycles. The minimum atomic E-state index is -0.960. The molecule has 5 nitrogen and oxygen atoms in total. The number of nitrogens with one attached hydrogen (secondary N) is 2. The molecule has 0 unspecified atom stereocenters. The average Bonchev–Trinajstić information content (AvgIpc) is 2.52. The van der Waals surface area contributed by atoms with Crippen molar-refractivity contribution < 1.29 is 14.7 Å². The quantitative estimate of drug-likeness (QED) is 0.700. The van der Waals surface area contributed by atoms with E-state index in [0.29, 0.717) is 18.5 Å². The molecule has 2 amide bonds. The van der Waals surface area contributed by atoms with Gasteiger partial charge in [-0.05, 0) is 37.0 Å². The van der Waals surface area contributed by atoms with Crippen LogP contribution in [0.25, 0.3) is 0 Å². The molecule has 0 radical (unpaired) electrons. The van der Waals surface area contributed by atoms with Gasteiger partial charge in [-0.3, -0.25) is 9.59 Å². The fourth-order valence-electron chi connectivity index (χ4n) is 1.88. The highest BCUT2D eigenvalue weighted by atomic mass is 16.3. The number of carbonyl (C=O) groups excluding carboxylic acids is 2. The van der Waals surface area contributed by atoms with E-state index in [2.05, 4.69) is 10.6 Å². The van der Waals surface area contributed by atoms with E-state index in [4.69, 9.17) is 0 Å². The summed E-state index contributed by atoms with van der Waals surface area (Å²) in [6.45, 7) is 5.77. The predicted molar refractivity (Wildman–Crippen MR) is 83.0 cm³/mol. The molecule has 0 heterocycles. The molecular formula is C16H24N2O3. The van der Waals surface area contributed by atoms with Crippen LogP contribution in [0.2, 0.25) is 0 Å². The Bertz CT molecular complexity index is 496. The van der Waals surface area contributed by atoms with E-state index in [9.17, 15) is 14.7 Å². The Balaban J connectivity index is 2.57. The van der Waals surface area contributed by atoms with Gasteiger partial charge in [-0.2, -0.15) is 0 Å². The summed E-state index contributed by atoms with van der Waals surface area (Å²) in [6, 6.07) is 7.36. The van der Waals surface area contributed by atoms with Crippen LogP contribution < -0.4 is 10.6 Å². The number of hydrogen-bond acceptors (Lipinski definition) is 3. The Hall–Kier alpha value is -1.88. The van der Waals surface area contributed by atoms with Crippen LogP contribution in [0, 0.1) is 0 Å². The summed E-state index contributed by atoms with van der Waals surface area (Å²) in [5.74, 6) is -1.46. The van der Waals surface area contributed by atoms with Crippen LogP contribution in [-0.4, -0.2) is 29.1 Å². The van der Waals surface area contributed by atoms with Gasteiger partial charge in [-0.15, -0.1) is 0 Å². The lowest BCUT2D eigenvalue weighted by Crippen LogP contribution is -2.45. The second-order valence-electron chi connectivity index (χ2n) is 5.12. The van der Waals surface area contributed by atoms with Gasteiger partial charge in [-0.25, -0.2) is 0 Å². The molecule has 0 saturated heterocycles. The molecule has 0 saturated carbocycles. The van der Waals surface area contributed by atoms with Gasteiger partial charge in [0.15, 0.2) is 0 Å². The fraction of sp³-hybridized carbons (Fsp3) is 0.500. The molecule has 5 heteroatoms. The molecular weight excluding hydrogens is 268 g/mol. The van der Waals surface area contributed by atoms with Gasteiger partial charge in [0, 0.05) is 12.2 Å². The maximum absolute atomic E-state index is 11.8. The van der Waals surface area contributed by atoms with Crippen molar-refractivity contribution in [3.63, 3.8) is 0 Å². The number of aliphatic hydroxyl groups is 1. The van der Waals surface area contributed by atoms with Gasteiger partial charge in [0.1, 0.15) is 0 Å². The van der Waals surface area contributed by atoms with Crippen molar-refractivity contribution in [2.75, 3.05) is 11.9 Å². The Labute approximate surface area is 125 Å². The summed E-state index contributed by atoms with van der Waals surface area (Å²) in [4.78, 5) is 23.5. The molecule has 0 bridgehead atoms. The first-order chi connectivity index (χ1) is 9.94. The summed E-state index contributed by atoms with van der Waals surface area (Å²) in [5.41, 5.74) is 0.716. The third-order valence-corrected chi connectivity index (χ3v) is 3.69. The molecule has 21 heavy (non-hydrogen) atoms. The Kier molecular flexibility index (Phi) is 6.37. The molecule has 0 spiro atoms. The van der Waals surface area contributed by atoms with Gasteiger partial charge in [0.25, 0.3) is 0 Å². The van der Waals surface area contributed by atoms with Crippen molar-refractivity contribution in [2.45, 2.75) is 45.6 Å². The van der Waals surface area contributed by atoms with E-state index in [1.54, 1.807) is 6.07 Å². The van der Waals surface area contributed by atoms with E-state index in [1.807, 2.05) is 39.0 Å². The van der Waals surface area contributed by atoms with Crippen LogP contribution in [-0.2, 0) is 16.0 Å².